The first-order valence-electron chi connectivity index (χ1n) is 11.6. The number of allylic oxidation sites excluding steroid dienone is 3. The number of ketones is 1. The maximum Gasteiger partial charge on any atom is 0.189 e. The van der Waals surface area contributed by atoms with Crippen molar-refractivity contribution in [2.24, 2.45) is 11.8 Å². The van der Waals surface area contributed by atoms with Crippen molar-refractivity contribution in [1.82, 2.24) is 10.6 Å². The number of nitrogens with one attached hydrogen (secondary N) is 2. The summed E-state index contributed by atoms with van der Waals surface area (Å²) in [6, 6.07) is 8.78. The zero-order chi connectivity index (χ0) is 21.7. The smallest absolute Gasteiger partial charge is 0.189 e. The van der Waals surface area contributed by atoms with E-state index in [9.17, 15) is 4.79 Å². The molecule has 2 fully saturated rings. The maximum atomic E-state index is 12.5. The molecule has 4 atom stereocenters. The molecule has 0 amide bonds. The Kier molecular flexibility index (Phi) is 5.02. The lowest BCUT2D eigenvalue weighted by atomic mass is 9.83. The Morgan fingerprint density at radius 3 is 2.66 bits per heavy atom. The van der Waals surface area contributed by atoms with E-state index in [4.69, 9.17) is 4.74 Å². The number of ether oxygens (including phenoxy) is 1. The van der Waals surface area contributed by atoms with E-state index >= 15 is 0 Å². The lowest BCUT2D eigenvalue weighted by molar-refractivity contribution is -0.116. The van der Waals surface area contributed by atoms with Crippen LogP contribution < -0.4 is 21.1 Å². The number of hydrogen-bond acceptors (Lipinski definition) is 5. The summed E-state index contributed by atoms with van der Waals surface area (Å²) in [6.45, 7) is 0. The monoisotopic (exact) mass is 444 g/mol. The number of fused-ring (bicyclic) bond motifs is 4. The largest absolute Gasteiger partial charge is 0.482 e. The topological polar surface area (TPSA) is 50.4 Å². The van der Waals surface area contributed by atoms with Crippen molar-refractivity contribution < 1.29 is 9.53 Å². The van der Waals surface area contributed by atoms with E-state index in [2.05, 4.69) is 65.3 Å². The molecular weight excluding hydrogens is 416 g/mol. The number of hydrogen-bond donors (Lipinski definition) is 2. The highest BCUT2D eigenvalue weighted by Crippen LogP contribution is 2.50. The number of methoxy groups -OCH3 is 1. The van der Waals surface area contributed by atoms with Gasteiger partial charge in [0.2, 0.25) is 0 Å². The molecule has 5 aliphatic rings. The van der Waals surface area contributed by atoms with Crippen LogP contribution in [0.4, 0.5) is 0 Å². The summed E-state index contributed by atoms with van der Waals surface area (Å²) in [5.41, 5.74) is 2.37. The third kappa shape index (κ3) is 3.43. The highest BCUT2D eigenvalue weighted by atomic mass is 32.2. The van der Waals surface area contributed by atoms with Gasteiger partial charge in [0.05, 0.1) is 13.2 Å². The Morgan fingerprint density at radius 2 is 1.84 bits per heavy atom. The second kappa shape index (κ2) is 8.04. The quantitative estimate of drug-likeness (QED) is 0.686. The van der Waals surface area contributed by atoms with Crippen LogP contribution in [0.15, 0.2) is 70.2 Å². The van der Waals surface area contributed by atoms with Crippen LogP contribution in [0.1, 0.15) is 32.1 Å². The van der Waals surface area contributed by atoms with Crippen molar-refractivity contribution in [3.63, 3.8) is 0 Å². The predicted octanol–water partition coefficient (Wildman–Crippen LogP) is 3.23. The minimum Gasteiger partial charge on any atom is -0.482 e. The van der Waals surface area contributed by atoms with Gasteiger partial charge in [-0.3, -0.25) is 4.79 Å². The van der Waals surface area contributed by atoms with Crippen LogP contribution in [0.2, 0.25) is 0 Å². The Labute approximate surface area is 192 Å². The molecule has 0 aromatic heterocycles. The van der Waals surface area contributed by atoms with Gasteiger partial charge < -0.3 is 15.4 Å². The Hall–Kier alpha value is -2.66. The van der Waals surface area contributed by atoms with E-state index in [1.54, 1.807) is 7.11 Å². The van der Waals surface area contributed by atoms with Gasteiger partial charge in [-0.1, -0.05) is 48.6 Å². The van der Waals surface area contributed by atoms with Crippen LogP contribution in [-0.2, 0) is 9.53 Å². The standard InChI is InChI=1S/C27H28N2O2S/c1-31-26-15-22(28-27(29-26)20-8-4-5-9-23(20)30)18-10-11-19-21-12-16-6-2-3-7-17(16)13-25(21)32-24(19)14-18/h2-3,6-7,11-15,18,21-22,25,28-29H,4-5,8-10H2,1H3. The summed E-state index contributed by atoms with van der Waals surface area (Å²) in [6.07, 6.45) is 16.4. The normalized spacial score (nSPS) is 33.0. The molecule has 1 saturated heterocycles. The van der Waals surface area contributed by atoms with Crippen LogP contribution in [0.3, 0.4) is 0 Å². The molecule has 4 unspecified atom stereocenters. The molecule has 2 aliphatic heterocycles. The third-order valence-electron chi connectivity index (χ3n) is 7.23. The molecule has 32 heavy (non-hydrogen) atoms. The molecule has 4 nitrogen and oxygen atoms in total. The average Bonchev–Trinajstić information content (AvgIpc) is 3.19. The van der Waals surface area contributed by atoms with Crippen LogP contribution in [0.25, 0.3) is 12.2 Å². The molecule has 2 N–H and O–H groups in total. The van der Waals surface area contributed by atoms with Crippen LogP contribution in [0, 0.1) is 11.8 Å². The maximum absolute atomic E-state index is 12.5. The van der Waals surface area contributed by atoms with E-state index in [1.165, 1.54) is 20.9 Å². The fourth-order valence-electron chi connectivity index (χ4n) is 5.51. The Bertz CT molecular complexity index is 1220. The van der Waals surface area contributed by atoms with Gasteiger partial charge >= 0.3 is 0 Å². The van der Waals surface area contributed by atoms with Gasteiger partial charge in [-0.25, -0.2) is 0 Å². The molecular formula is C27H28N2O2S. The first-order valence-corrected chi connectivity index (χ1v) is 12.5. The molecule has 5 heteroatoms. The van der Waals surface area contributed by atoms with Crippen molar-refractivity contribution in [2.45, 2.75) is 43.4 Å². The summed E-state index contributed by atoms with van der Waals surface area (Å²) in [5.74, 6) is 2.62. The van der Waals surface area contributed by atoms with Crippen LogP contribution >= 0.6 is 11.8 Å². The molecule has 0 bridgehead atoms. The minimum atomic E-state index is 0.0992. The van der Waals surface area contributed by atoms with Crippen LogP contribution in [0.5, 0.6) is 0 Å². The lowest BCUT2D eigenvalue weighted by Crippen LogP contribution is -2.45. The molecule has 1 aromatic carbocycles. The molecule has 1 aromatic rings. The fraction of sp³-hybridized carbons (Fsp3) is 0.370. The first kappa shape index (κ1) is 20.0. The zero-order valence-corrected chi connectivity index (χ0v) is 19.1. The zero-order valence-electron chi connectivity index (χ0n) is 18.3. The molecule has 0 radical (unpaired) electrons. The number of carbonyl (C=O) groups excluding carboxylic acids is 1. The van der Waals surface area contributed by atoms with E-state index in [-0.39, 0.29) is 11.8 Å². The average molecular weight is 445 g/mol. The molecule has 164 valence electrons. The molecule has 2 heterocycles. The number of rotatable bonds is 2. The summed E-state index contributed by atoms with van der Waals surface area (Å²) in [7, 11) is 1.68. The van der Waals surface area contributed by atoms with Crippen molar-refractivity contribution in [1.29, 1.82) is 0 Å². The second-order valence-electron chi connectivity index (χ2n) is 9.17. The van der Waals surface area contributed by atoms with Crippen molar-refractivity contribution >= 4 is 29.7 Å². The molecule has 6 rings (SSSR count). The van der Waals surface area contributed by atoms with Gasteiger partial charge in [-0.15, -0.1) is 11.8 Å². The van der Waals surface area contributed by atoms with E-state index in [0.29, 0.717) is 23.5 Å². The van der Waals surface area contributed by atoms with E-state index < -0.39 is 0 Å². The summed E-state index contributed by atoms with van der Waals surface area (Å²) >= 11 is 1.99. The van der Waals surface area contributed by atoms with Gasteiger partial charge in [0.25, 0.3) is 0 Å². The molecule has 3 aliphatic carbocycles. The first-order chi connectivity index (χ1) is 15.7. The molecule has 0 spiro atoms. The van der Waals surface area contributed by atoms with Crippen molar-refractivity contribution in [3.8, 4) is 0 Å². The summed E-state index contributed by atoms with van der Waals surface area (Å²) < 4.78 is 5.58. The predicted molar refractivity (Wildman–Crippen MR) is 129 cm³/mol. The lowest BCUT2D eigenvalue weighted by Gasteiger charge is -2.34. The Balaban J connectivity index is 1.29. The van der Waals surface area contributed by atoms with E-state index in [0.717, 1.165) is 43.0 Å². The number of Topliss-reactive ketones (excluding diaryl/α,β-unsaturated/α-hetero) is 1. The number of benzene rings is 1. The Morgan fingerprint density at radius 1 is 1.03 bits per heavy atom. The SMILES string of the molecule is COC1=CC(C2C=C3SC4C=c5ccccc5=CC4C3=CC2)NC(=C2CCCCC2=O)N1. The van der Waals surface area contributed by atoms with Crippen molar-refractivity contribution in [3.05, 3.63) is 80.7 Å². The third-order valence-corrected chi connectivity index (χ3v) is 8.55. The molecule has 1 saturated carbocycles. The van der Waals surface area contributed by atoms with Gasteiger partial charge in [-0.2, -0.15) is 0 Å². The van der Waals surface area contributed by atoms with Gasteiger partial charge in [0, 0.05) is 34.0 Å². The second-order valence-corrected chi connectivity index (χ2v) is 10.4. The van der Waals surface area contributed by atoms with Gasteiger partial charge in [-0.05, 0) is 47.8 Å². The minimum absolute atomic E-state index is 0.0992. The van der Waals surface area contributed by atoms with Gasteiger partial charge in [0.15, 0.2) is 11.7 Å². The van der Waals surface area contributed by atoms with Gasteiger partial charge in [0.1, 0.15) is 5.82 Å². The van der Waals surface area contributed by atoms with Crippen LogP contribution in [-0.4, -0.2) is 24.2 Å². The van der Waals surface area contributed by atoms with E-state index in [1.807, 2.05) is 11.8 Å². The number of thioether (sulfide) groups is 1. The summed E-state index contributed by atoms with van der Waals surface area (Å²) in [5, 5.41) is 10.1. The van der Waals surface area contributed by atoms with Crippen molar-refractivity contribution in [2.75, 3.05) is 7.11 Å². The fourth-order valence-corrected chi connectivity index (χ4v) is 7.00. The number of carbonyl (C=O) groups is 1. The highest BCUT2D eigenvalue weighted by molar-refractivity contribution is 8.04. The highest BCUT2D eigenvalue weighted by Gasteiger charge is 2.38. The summed E-state index contributed by atoms with van der Waals surface area (Å²) in [4.78, 5) is 13.9.